The maximum atomic E-state index is 12.8. The van der Waals surface area contributed by atoms with E-state index < -0.39 is 6.04 Å². The van der Waals surface area contributed by atoms with Gasteiger partial charge in [-0.15, -0.1) is 0 Å². The number of rotatable bonds is 8. The number of piperazine rings is 1. The number of nitrogens with one attached hydrogen (secondary N) is 1. The number of carbonyl (C=O) groups is 2. The van der Waals surface area contributed by atoms with Crippen molar-refractivity contribution in [1.82, 2.24) is 15.1 Å². The van der Waals surface area contributed by atoms with Gasteiger partial charge in [0.05, 0.1) is 31.8 Å². The highest BCUT2D eigenvalue weighted by molar-refractivity contribution is 5.88. The van der Waals surface area contributed by atoms with Crippen LogP contribution in [0.5, 0.6) is 0 Å². The van der Waals surface area contributed by atoms with E-state index in [0.717, 1.165) is 24.9 Å². The predicted octanol–water partition coefficient (Wildman–Crippen LogP) is 1.03. The summed E-state index contributed by atoms with van der Waals surface area (Å²) in [6.45, 7) is 4.61. The lowest BCUT2D eigenvalue weighted by Crippen LogP contribution is -2.56. The number of hydrogen-bond donors (Lipinski definition) is 1. The summed E-state index contributed by atoms with van der Waals surface area (Å²) < 4.78 is 10.8. The van der Waals surface area contributed by atoms with Gasteiger partial charge in [-0.1, -0.05) is 30.3 Å². The van der Waals surface area contributed by atoms with E-state index in [0.29, 0.717) is 39.4 Å². The van der Waals surface area contributed by atoms with Crippen molar-refractivity contribution in [3.8, 4) is 0 Å². The third-order valence-electron chi connectivity index (χ3n) is 5.47. The van der Waals surface area contributed by atoms with Crippen LogP contribution in [0, 0.1) is 0 Å². The molecule has 0 unspecified atom stereocenters. The van der Waals surface area contributed by atoms with Crippen LogP contribution in [0.3, 0.4) is 0 Å². The third kappa shape index (κ3) is 5.77. The van der Waals surface area contributed by atoms with Gasteiger partial charge in [-0.05, 0) is 18.4 Å². The molecule has 0 aliphatic carbocycles. The zero-order valence-corrected chi connectivity index (χ0v) is 16.6. The highest BCUT2D eigenvalue weighted by Crippen LogP contribution is 2.18. The number of likely N-dealkylation sites (tertiary alicyclic amines) is 1. The molecule has 1 atom stereocenters. The Hall–Kier alpha value is -1.96. The van der Waals surface area contributed by atoms with Crippen LogP contribution in [0.15, 0.2) is 30.3 Å². The van der Waals surface area contributed by atoms with Crippen molar-refractivity contribution >= 4 is 11.8 Å². The van der Waals surface area contributed by atoms with E-state index in [4.69, 9.17) is 9.47 Å². The van der Waals surface area contributed by atoms with Crippen LogP contribution in [0.2, 0.25) is 0 Å². The molecule has 2 heterocycles. The topological polar surface area (TPSA) is 71.1 Å². The highest BCUT2D eigenvalue weighted by Gasteiger charge is 2.33. The molecule has 0 saturated carbocycles. The molecule has 2 fully saturated rings. The lowest BCUT2D eigenvalue weighted by Gasteiger charge is -2.37. The van der Waals surface area contributed by atoms with Crippen LogP contribution in [-0.4, -0.2) is 80.3 Å². The summed E-state index contributed by atoms with van der Waals surface area (Å²) in [4.78, 5) is 29.3. The molecule has 2 aliphatic heterocycles. The van der Waals surface area contributed by atoms with E-state index in [9.17, 15) is 9.59 Å². The van der Waals surface area contributed by atoms with E-state index in [1.807, 2.05) is 23.1 Å². The highest BCUT2D eigenvalue weighted by atomic mass is 16.5. The first-order valence-electron chi connectivity index (χ1n) is 10.1. The molecule has 1 aromatic carbocycles. The summed E-state index contributed by atoms with van der Waals surface area (Å²) in [5, 5.41) is 2.91. The number of methoxy groups -OCH3 is 1. The molecule has 2 aliphatic rings. The van der Waals surface area contributed by atoms with Gasteiger partial charge in [0.15, 0.2) is 0 Å². The molecule has 2 saturated heterocycles. The second-order valence-corrected chi connectivity index (χ2v) is 7.41. The third-order valence-corrected chi connectivity index (χ3v) is 5.47. The number of hydrogen-bond acceptors (Lipinski definition) is 5. The molecule has 1 N–H and O–H groups in total. The Bertz CT molecular complexity index is 632. The zero-order valence-electron chi connectivity index (χ0n) is 16.6. The van der Waals surface area contributed by atoms with Crippen LogP contribution in [-0.2, 0) is 25.6 Å². The normalized spacial score (nSPS) is 21.5. The van der Waals surface area contributed by atoms with Crippen LogP contribution < -0.4 is 5.32 Å². The summed E-state index contributed by atoms with van der Waals surface area (Å²) in [7, 11) is 1.66. The van der Waals surface area contributed by atoms with Crippen molar-refractivity contribution in [2.75, 3.05) is 46.5 Å². The van der Waals surface area contributed by atoms with Gasteiger partial charge in [0.25, 0.3) is 0 Å². The Labute approximate surface area is 167 Å². The quantitative estimate of drug-likeness (QED) is 0.673. The maximum Gasteiger partial charge on any atom is 0.237 e. The van der Waals surface area contributed by atoms with E-state index >= 15 is 0 Å². The summed E-state index contributed by atoms with van der Waals surface area (Å²) >= 11 is 0. The molecule has 7 heteroatoms. The second kappa shape index (κ2) is 10.5. The van der Waals surface area contributed by atoms with Crippen molar-refractivity contribution < 1.29 is 19.1 Å². The minimum absolute atomic E-state index is 0.0479. The van der Waals surface area contributed by atoms with E-state index in [1.54, 1.807) is 7.11 Å². The largest absolute Gasteiger partial charge is 0.382 e. The first-order chi connectivity index (χ1) is 13.7. The first kappa shape index (κ1) is 20.8. The van der Waals surface area contributed by atoms with Crippen molar-refractivity contribution in [2.45, 2.75) is 38.0 Å². The van der Waals surface area contributed by atoms with Gasteiger partial charge in [-0.2, -0.15) is 0 Å². The summed E-state index contributed by atoms with van der Waals surface area (Å²) in [6.07, 6.45) is 2.08. The number of nitrogens with zero attached hydrogens (tertiary/aromatic N) is 2. The summed E-state index contributed by atoms with van der Waals surface area (Å²) in [5.41, 5.74) is 1.16. The van der Waals surface area contributed by atoms with Crippen LogP contribution in [0.25, 0.3) is 0 Å². The predicted molar refractivity (Wildman–Crippen MR) is 106 cm³/mol. The molecule has 28 heavy (non-hydrogen) atoms. The minimum atomic E-state index is -0.405. The SMILES string of the molecule is COCCOC1CCN(C(=O)C[C@@H]2C(=O)NCCN2Cc2ccccc2)CC1. The number of ether oxygens (including phenoxy) is 2. The van der Waals surface area contributed by atoms with Crippen LogP contribution in [0.1, 0.15) is 24.8 Å². The van der Waals surface area contributed by atoms with Gasteiger partial charge in [-0.3, -0.25) is 14.5 Å². The molecule has 0 radical (unpaired) electrons. The molecule has 3 rings (SSSR count). The average Bonchev–Trinajstić information content (AvgIpc) is 2.72. The fourth-order valence-electron chi connectivity index (χ4n) is 3.86. The Morgan fingerprint density at radius 3 is 2.61 bits per heavy atom. The lowest BCUT2D eigenvalue weighted by atomic mass is 10.0. The number of piperidine rings is 1. The molecular formula is C21H31N3O4. The standard InChI is InChI=1S/C21H31N3O4/c1-27-13-14-28-18-7-10-23(11-8-18)20(25)15-19-21(26)22-9-12-24(19)16-17-5-3-2-4-6-17/h2-6,18-19H,7-16H2,1H3,(H,22,26)/t19-/m1/s1. The van der Waals surface area contributed by atoms with Gasteiger partial charge < -0.3 is 19.7 Å². The van der Waals surface area contributed by atoms with Gasteiger partial charge in [-0.25, -0.2) is 0 Å². The number of carbonyl (C=O) groups excluding carboxylic acids is 2. The molecule has 0 spiro atoms. The van der Waals surface area contributed by atoms with E-state index in [-0.39, 0.29) is 24.3 Å². The molecule has 1 aromatic rings. The zero-order chi connectivity index (χ0) is 19.8. The van der Waals surface area contributed by atoms with E-state index in [1.165, 1.54) is 0 Å². The van der Waals surface area contributed by atoms with Crippen molar-refractivity contribution in [1.29, 1.82) is 0 Å². The van der Waals surface area contributed by atoms with Crippen LogP contribution >= 0.6 is 0 Å². The average molecular weight is 389 g/mol. The van der Waals surface area contributed by atoms with Gasteiger partial charge >= 0.3 is 0 Å². The molecule has 0 bridgehead atoms. The van der Waals surface area contributed by atoms with Crippen LogP contribution in [0.4, 0.5) is 0 Å². The molecule has 0 aromatic heterocycles. The van der Waals surface area contributed by atoms with Gasteiger partial charge in [0.1, 0.15) is 0 Å². The summed E-state index contributed by atoms with van der Waals surface area (Å²) in [6, 6.07) is 9.68. The fourth-order valence-corrected chi connectivity index (χ4v) is 3.86. The van der Waals surface area contributed by atoms with Crippen molar-refractivity contribution in [3.63, 3.8) is 0 Å². The number of benzene rings is 1. The van der Waals surface area contributed by atoms with Crippen molar-refractivity contribution in [3.05, 3.63) is 35.9 Å². The number of amides is 2. The smallest absolute Gasteiger partial charge is 0.237 e. The molecular weight excluding hydrogens is 358 g/mol. The van der Waals surface area contributed by atoms with Gasteiger partial charge in [0.2, 0.25) is 11.8 Å². The molecule has 2 amide bonds. The molecule has 154 valence electrons. The first-order valence-corrected chi connectivity index (χ1v) is 10.1. The summed E-state index contributed by atoms with van der Waals surface area (Å²) in [5.74, 6) is 0.00349. The minimum Gasteiger partial charge on any atom is -0.382 e. The van der Waals surface area contributed by atoms with Crippen molar-refractivity contribution in [2.24, 2.45) is 0 Å². The maximum absolute atomic E-state index is 12.8. The monoisotopic (exact) mass is 389 g/mol. The Morgan fingerprint density at radius 1 is 1.14 bits per heavy atom. The fraction of sp³-hybridized carbons (Fsp3) is 0.619. The van der Waals surface area contributed by atoms with E-state index in [2.05, 4.69) is 22.3 Å². The second-order valence-electron chi connectivity index (χ2n) is 7.41. The Morgan fingerprint density at radius 2 is 1.89 bits per heavy atom. The van der Waals surface area contributed by atoms with Gasteiger partial charge in [0, 0.05) is 39.8 Å². The Kier molecular flexibility index (Phi) is 7.82. The lowest BCUT2D eigenvalue weighted by molar-refractivity contribution is -0.140. The molecule has 7 nitrogen and oxygen atoms in total. The Balaban J connectivity index is 1.51.